The fourth-order valence-electron chi connectivity index (χ4n) is 0.751. The van der Waals surface area contributed by atoms with Crippen LogP contribution in [0.25, 0.3) is 0 Å². The largest absolute Gasteiger partial charge is 0.295 e. The van der Waals surface area contributed by atoms with E-state index in [1.54, 1.807) is 6.92 Å². The van der Waals surface area contributed by atoms with Gasteiger partial charge in [-0.15, -0.1) is 0 Å². The molecule has 0 saturated carbocycles. The molecule has 0 atom stereocenters. The summed E-state index contributed by atoms with van der Waals surface area (Å²) in [6.07, 6.45) is 0. The number of hydrogen-bond donors (Lipinski definition) is 0. The molecule has 0 aliphatic carbocycles. The van der Waals surface area contributed by atoms with E-state index in [2.05, 4.69) is 25.3 Å². The summed E-state index contributed by atoms with van der Waals surface area (Å²) in [5.74, 6) is 0.197. The van der Waals surface area contributed by atoms with Crippen LogP contribution in [0.3, 0.4) is 0 Å². The first-order chi connectivity index (χ1) is 4.33. The van der Waals surface area contributed by atoms with E-state index >= 15 is 0 Å². The molecule has 0 amide bonds. The molecule has 0 rings (SSSR count). The van der Waals surface area contributed by atoms with Gasteiger partial charge in [0.15, 0.2) is 5.78 Å². The molecule has 0 aromatic rings. The Morgan fingerprint density at radius 3 is 1.70 bits per heavy atom. The van der Waals surface area contributed by atoms with Gasteiger partial charge in [-0.05, 0) is 19.4 Å². The molecule has 0 spiro atoms. The molecule has 58 valence electrons. The zero-order chi connectivity index (χ0) is 8.36. The highest BCUT2D eigenvalue weighted by molar-refractivity contribution is 6.81. The quantitative estimate of drug-likeness (QED) is 0.443. The zero-order valence-corrected chi connectivity index (χ0v) is 8.49. The first kappa shape index (κ1) is 9.63. The van der Waals surface area contributed by atoms with Gasteiger partial charge in [0.2, 0.25) is 0 Å². The number of hydrogen-bond acceptors (Lipinski definition) is 1. The standard InChI is InChI=1S/C8H16OSi/c1-7(8(2)9)6-10(3,4)5/h6H,1-5H3. The van der Waals surface area contributed by atoms with E-state index in [9.17, 15) is 4.79 Å². The van der Waals surface area contributed by atoms with Gasteiger partial charge in [0.1, 0.15) is 0 Å². The molecule has 10 heavy (non-hydrogen) atoms. The van der Waals surface area contributed by atoms with Crippen molar-refractivity contribution in [3.05, 3.63) is 11.3 Å². The number of carbonyl (C=O) groups excluding carboxylic acids is 1. The third-order valence-electron chi connectivity index (χ3n) is 1.20. The predicted molar refractivity (Wildman–Crippen MR) is 47.8 cm³/mol. The van der Waals surface area contributed by atoms with Gasteiger partial charge in [-0.3, -0.25) is 4.79 Å². The van der Waals surface area contributed by atoms with Crippen LogP contribution in [-0.4, -0.2) is 13.9 Å². The van der Waals surface area contributed by atoms with Crippen molar-refractivity contribution in [3.8, 4) is 0 Å². The van der Waals surface area contributed by atoms with Gasteiger partial charge >= 0.3 is 0 Å². The molecule has 0 bridgehead atoms. The summed E-state index contributed by atoms with van der Waals surface area (Å²) in [5, 5.41) is 0. The van der Waals surface area contributed by atoms with Gasteiger partial charge in [0.05, 0.1) is 8.07 Å². The summed E-state index contributed by atoms with van der Waals surface area (Å²) >= 11 is 0. The van der Waals surface area contributed by atoms with E-state index in [4.69, 9.17) is 0 Å². The first-order valence-corrected chi connectivity index (χ1v) is 7.11. The first-order valence-electron chi connectivity index (χ1n) is 3.53. The van der Waals surface area contributed by atoms with Crippen molar-refractivity contribution in [1.29, 1.82) is 0 Å². The van der Waals surface area contributed by atoms with E-state index in [-0.39, 0.29) is 5.78 Å². The number of allylic oxidation sites excluding steroid dienone is 1. The lowest BCUT2D eigenvalue weighted by Crippen LogP contribution is -2.17. The Balaban J connectivity index is 4.32. The Kier molecular flexibility index (Phi) is 3.03. The van der Waals surface area contributed by atoms with Crippen molar-refractivity contribution >= 4 is 13.9 Å². The molecule has 0 heterocycles. The second-order valence-electron chi connectivity index (χ2n) is 3.75. The number of carbonyl (C=O) groups is 1. The van der Waals surface area contributed by atoms with Crippen molar-refractivity contribution in [3.63, 3.8) is 0 Å². The minimum Gasteiger partial charge on any atom is -0.295 e. The SMILES string of the molecule is CC(=O)C(C)=C[Si](C)(C)C. The van der Waals surface area contributed by atoms with E-state index in [1.807, 2.05) is 6.92 Å². The smallest absolute Gasteiger partial charge is 0.154 e. The molecule has 0 fully saturated rings. The van der Waals surface area contributed by atoms with Crippen LogP contribution in [0.4, 0.5) is 0 Å². The summed E-state index contributed by atoms with van der Waals surface area (Å²) < 4.78 is 0. The van der Waals surface area contributed by atoms with Crippen molar-refractivity contribution in [2.75, 3.05) is 0 Å². The Labute approximate surface area is 64.1 Å². The van der Waals surface area contributed by atoms with Gasteiger partial charge < -0.3 is 0 Å². The second-order valence-corrected chi connectivity index (χ2v) is 8.77. The maximum Gasteiger partial charge on any atom is 0.154 e. The second kappa shape index (κ2) is 3.15. The normalized spacial score (nSPS) is 13.5. The van der Waals surface area contributed by atoms with E-state index in [0.29, 0.717) is 0 Å². The fourth-order valence-corrected chi connectivity index (χ4v) is 2.25. The minimum absolute atomic E-state index is 0.197. The Bertz CT molecular complexity index is 163. The Hall–Kier alpha value is -0.373. The zero-order valence-electron chi connectivity index (χ0n) is 7.49. The number of rotatable bonds is 2. The lowest BCUT2D eigenvalue weighted by atomic mass is 10.2. The Morgan fingerprint density at radius 2 is 1.60 bits per heavy atom. The van der Waals surface area contributed by atoms with Crippen LogP contribution < -0.4 is 0 Å². The molecule has 0 saturated heterocycles. The summed E-state index contributed by atoms with van der Waals surface area (Å²) in [5.41, 5.74) is 3.05. The lowest BCUT2D eigenvalue weighted by molar-refractivity contribution is -0.113. The molecule has 0 aromatic heterocycles. The highest BCUT2D eigenvalue weighted by Crippen LogP contribution is 2.06. The third-order valence-corrected chi connectivity index (χ3v) is 2.50. The van der Waals surface area contributed by atoms with Crippen LogP contribution >= 0.6 is 0 Å². The van der Waals surface area contributed by atoms with Crippen LogP contribution in [-0.2, 0) is 4.79 Å². The fraction of sp³-hybridized carbons (Fsp3) is 0.625. The van der Waals surface area contributed by atoms with Gasteiger partial charge in [0.25, 0.3) is 0 Å². The van der Waals surface area contributed by atoms with Crippen LogP contribution in [0.1, 0.15) is 13.8 Å². The monoisotopic (exact) mass is 156 g/mol. The van der Waals surface area contributed by atoms with Crippen LogP contribution in [0.5, 0.6) is 0 Å². The highest BCUT2D eigenvalue weighted by Gasteiger charge is 2.10. The van der Waals surface area contributed by atoms with Crippen LogP contribution in [0, 0.1) is 0 Å². The molecule has 0 unspecified atom stereocenters. The Morgan fingerprint density at radius 1 is 1.20 bits per heavy atom. The maximum atomic E-state index is 10.8. The topological polar surface area (TPSA) is 17.1 Å². The molecular formula is C8H16OSi. The predicted octanol–water partition coefficient (Wildman–Crippen LogP) is 2.40. The third kappa shape index (κ3) is 4.50. The molecule has 0 N–H and O–H groups in total. The average Bonchev–Trinajstić information content (AvgIpc) is 1.60. The maximum absolute atomic E-state index is 10.8. The van der Waals surface area contributed by atoms with E-state index < -0.39 is 8.07 Å². The highest BCUT2D eigenvalue weighted by atomic mass is 28.3. The van der Waals surface area contributed by atoms with Crippen molar-refractivity contribution < 1.29 is 4.79 Å². The molecule has 1 nitrogen and oxygen atoms in total. The van der Waals surface area contributed by atoms with Crippen LogP contribution in [0.2, 0.25) is 19.6 Å². The van der Waals surface area contributed by atoms with Crippen molar-refractivity contribution in [2.24, 2.45) is 0 Å². The molecule has 0 aliphatic heterocycles. The number of ketones is 1. The average molecular weight is 156 g/mol. The summed E-state index contributed by atoms with van der Waals surface area (Å²) in [6, 6.07) is 0. The molecule has 0 radical (unpaired) electrons. The van der Waals surface area contributed by atoms with Crippen molar-refractivity contribution in [2.45, 2.75) is 33.5 Å². The van der Waals surface area contributed by atoms with E-state index in [0.717, 1.165) is 5.57 Å². The van der Waals surface area contributed by atoms with Crippen LogP contribution in [0.15, 0.2) is 11.3 Å². The van der Waals surface area contributed by atoms with Gasteiger partial charge in [-0.1, -0.05) is 25.3 Å². The molecule has 2 heteroatoms. The molecule has 0 aliphatic rings. The minimum atomic E-state index is -1.17. The van der Waals surface area contributed by atoms with Gasteiger partial charge in [-0.25, -0.2) is 0 Å². The summed E-state index contributed by atoms with van der Waals surface area (Å²) in [6.45, 7) is 10.2. The van der Waals surface area contributed by atoms with Crippen molar-refractivity contribution in [1.82, 2.24) is 0 Å². The number of Topliss-reactive ketones (excluding diaryl/α,β-unsaturated/α-hetero) is 1. The van der Waals surface area contributed by atoms with E-state index in [1.165, 1.54) is 0 Å². The summed E-state index contributed by atoms with van der Waals surface area (Å²) in [7, 11) is -1.17. The molecular weight excluding hydrogens is 140 g/mol. The van der Waals surface area contributed by atoms with Gasteiger partial charge in [-0.2, -0.15) is 0 Å². The van der Waals surface area contributed by atoms with Gasteiger partial charge in [0, 0.05) is 0 Å². The lowest BCUT2D eigenvalue weighted by Gasteiger charge is -2.09. The summed E-state index contributed by atoms with van der Waals surface area (Å²) in [4.78, 5) is 10.8. The molecule has 0 aromatic carbocycles.